The fourth-order valence-electron chi connectivity index (χ4n) is 2.95. The van der Waals surface area contributed by atoms with Gasteiger partial charge in [0, 0.05) is 12.1 Å². The van der Waals surface area contributed by atoms with Gasteiger partial charge < -0.3 is 20.1 Å². The second kappa shape index (κ2) is 5.42. The summed E-state index contributed by atoms with van der Waals surface area (Å²) in [7, 11) is 0. The van der Waals surface area contributed by atoms with E-state index >= 15 is 0 Å². The number of H-pyrrole nitrogens is 1. The molecule has 3 rings (SSSR count). The molecule has 0 saturated carbocycles. The predicted molar refractivity (Wildman–Crippen MR) is 85.3 cm³/mol. The van der Waals surface area contributed by atoms with E-state index in [1.165, 1.54) is 0 Å². The molecule has 0 radical (unpaired) electrons. The van der Waals surface area contributed by atoms with Crippen molar-refractivity contribution in [2.24, 2.45) is 0 Å². The van der Waals surface area contributed by atoms with E-state index in [1.54, 1.807) is 43.5 Å². The number of benzene rings is 1. The van der Waals surface area contributed by atoms with Crippen LogP contribution in [0.3, 0.4) is 0 Å². The number of rotatable bonds is 1. The zero-order chi connectivity index (χ0) is 16.8. The van der Waals surface area contributed by atoms with Gasteiger partial charge in [-0.1, -0.05) is 12.1 Å². The van der Waals surface area contributed by atoms with Crippen molar-refractivity contribution in [1.82, 2.24) is 14.9 Å². The second-order valence-electron chi connectivity index (χ2n) is 6.81. The third-order valence-corrected chi connectivity index (χ3v) is 3.89. The number of carbonyl (C=O) groups is 1. The molecule has 0 bridgehead atoms. The van der Waals surface area contributed by atoms with Gasteiger partial charge in [0.15, 0.2) is 0 Å². The van der Waals surface area contributed by atoms with E-state index in [1.807, 2.05) is 0 Å². The van der Waals surface area contributed by atoms with Crippen molar-refractivity contribution in [2.75, 3.05) is 0 Å². The lowest BCUT2D eigenvalue weighted by molar-refractivity contribution is 0.0415. The number of aromatic amines is 1. The highest BCUT2D eigenvalue weighted by molar-refractivity contribution is 5.80. The highest BCUT2D eigenvalue weighted by Crippen LogP contribution is 2.29. The number of ether oxygens (including phenoxy) is 1. The molecular formula is C16H21N3O4. The summed E-state index contributed by atoms with van der Waals surface area (Å²) >= 11 is 0. The Morgan fingerprint density at radius 1 is 1.43 bits per heavy atom. The molecule has 2 heterocycles. The molecule has 1 aromatic heterocycles. The van der Waals surface area contributed by atoms with Crippen LogP contribution in [0.15, 0.2) is 23.0 Å². The number of aromatic nitrogens is 2. The van der Waals surface area contributed by atoms with Gasteiger partial charge >= 0.3 is 11.8 Å². The van der Waals surface area contributed by atoms with Crippen LogP contribution < -0.4 is 11.0 Å². The van der Waals surface area contributed by atoms with Gasteiger partial charge in [0.25, 0.3) is 0 Å². The first-order valence-corrected chi connectivity index (χ1v) is 7.65. The van der Waals surface area contributed by atoms with Crippen LogP contribution in [-0.2, 0) is 11.3 Å². The van der Waals surface area contributed by atoms with Crippen LogP contribution >= 0.6 is 0 Å². The number of alkyl carbamates (subject to hydrolysis) is 1. The van der Waals surface area contributed by atoms with E-state index in [9.17, 15) is 14.7 Å². The summed E-state index contributed by atoms with van der Waals surface area (Å²) in [6, 6.07) is 4.82. The SMILES string of the molecule is CC(C)(C)OC(=O)NC1CCn2c(=O)[nH]c3cccc(c32)C1O. The minimum atomic E-state index is -0.907. The number of hydrogen-bond donors (Lipinski definition) is 3. The Bertz CT molecular complexity index is 800. The number of hydrogen-bond acceptors (Lipinski definition) is 4. The number of aliphatic hydroxyl groups excluding tert-OH is 1. The average Bonchev–Trinajstić information content (AvgIpc) is 2.68. The zero-order valence-corrected chi connectivity index (χ0v) is 13.4. The molecule has 0 spiro atoms. The molecule has 2 aromatic rings. The Hall–Kier alpha value is -2.28. The monoisotopic (exact) mass is 319 g/mol. The molecular weight excluding hydrogens is 298 g/mol. The Morgan fingerprint density at radius 3 is 2.87 bits per heavy atom. The quantitative estimate of drug-likeness (QED) is 0.745. The molecule has 0 aliphatic carbocycles. The third kappa shape index (κ3) is 2.96. The highest BCUT2D eigenvalue weighted by Gasteiger charge is 2.30. The van der Waals surface area contributed by atoms with Gasteiger partial charge in [-0.15, -0.1) is 0 Å². The van der Waals surface area contributed by atoms with Gasteiger partial charge in [-0.2, -0.15) is 0 Å². The fourth-order valence-corrected chi connectivity index (χ4v) is 2.95. The van der Waals surface area contributed by atoms with Crippen molar-refractivity contribution in [3.8, 4) is 0 Å². The Morgan fingerprint density at radius 2 is 2.17 bits per heavy atom. The number of carbonyl (C=O) groups excluding carboxylic acids is 1. The Kier molecular flexibility index (Phi) is 3.68. The van der Waals surface area contributed by atoms with Gasteiger partial charge in [-0.25, -0.2) is 9.59 Å². The van der Waals surface area contributed by atoms with Crippen molar-refractivity contribution in [3.05, 3.63) is 34.2 Å². The minimum Gasteiger partial charge on any atom is -0.444 e. The molecule has 7 heteroatoms. The summed E-state index contributed by atoms with van der Waals surface area (Å²) in [6.45, 7) is 5.75. The van der Waals surface area contributed by atoms with Crippen molar-refractivity contribution in [3.63, 3.8) is 0 Å². The molecule has 2 atom stereocenters. The van der Waals surface area contributed by atoms with E-state index in [2.05, 4.69) is 10.3 Å². The summed E-state index contributed by atoms with van der Waals surface area (Å²) < 4.78 is 6.85. The van der Waals surface area contributed by atoms with Crippen LogP contribution in [-0.4, -0.2) is 32.4 Å². The first-order valence-electron chi connectivity index (χ1n) is 7.65. The van der Waals surface area contributed by atoms with Crippen LogP contribution in [0, 0.1) is 0 Å². The number of nitrogens with one attached hydrogen (secondary N) is 2. The summed E-state index contributed by atoms with van der Waals surface area (Å²) in [4.78, 5) is 26.8. The van der Waals surface area contributed by atoms with Gasteiger partial charge in [-0.05, 0) is 33.3 Å². The van der Waals surface area contributed by atoms with Crippen molar-refractivity contribution >= 4 is 17.1 Å². The molecule has 3 N–H and O–H groups in total. The summed E-state index contributed by atoms with van der Waals surface area (Å²) in [5.74, 6) is 0. The standard InChI is InChI=1S/C16H21N3O4/c1-16(2,3)23-15(22)18-11-7-8-19-12-9(13(11)20)5-4-6-10(12)17-14(19)21/h4-6,11,13,20H,7-8H2,1-3H3,(H,17,21)(H,18,22). The van der Waals surface area contributed by atoms with Crippen LogP contribution in [0.4, 0.5) is 4.79 Å². The van der Waals surface area contributed by atoms with Crippen molar-refractivity contribution in [1.29, 1.82) is 0 Å². The van der Waals surface area contributed by atoms with E-state index in [0.717, 1.165) is 0 Å². The van der Waals surface area contributed by atoms with Crippen LogP contribution in [0.1, 0.15) is 38.9 Å². The minimum absolute atomic E-state index is 0.211. The van der Waals surface area contributed by atoms with Crippen molar-refractivity contribution in [2.45, 2.75) is 51.5 Å². The molecule has 1 amide bonds. The van der Waals surface area contributed by atoms with Gasteiger partial charge in [0.1, 0.15) is 11.7 Å². The maximum atomic E-state index is 12.0. The number of imidazole rings is 1. The highest BCUT2D eigenvalue weighted by atomic mass is 16.6. The lowest BCUT2D eigenvalue weighted by atomic mass is 10.00. The number of aliphatic hydroxyl groups is 1. The number of aryl methyl sites for hydroxylation is 1. The third-order valence-electron chi connectivity index (χ3n) is 3.89. The maximum absolute atomic E-state index is 12.0. The largest absolute Gasteiger partial charge is 0.444 e. The second-order valence-corrected chi connectivity index (χ2v) is 6.81. The molecule has 1 aromatic carbocycles. The number of para-hydroxylation sites is 1. The van der Waals surface area contributed by atoms with Crippen LogP contribution in [0.5, 0.6) is 0 Å². The van der Waals surface area contributed by atoms with Gasteiger partial charge in [-0.3, -0.25) is 4.57 Å². The first-order chi connectivity index (χ1) is 10.8. The maximum Gasteiger partial charge on any atom is 0.407 e. The molecule has 1 aliphatic rings. The topological polar surface area (TPSA) is 96.4 Å². The smallest absolute Gasteiger partial charge is 0.407 e. The molecule has 0 fully saturated rings. The molecule has 7 nitrogen and oxygen atoms in total. The van der Waals surface area contributed by atoms with E-state index in [-0.39, 0.29) is 5.69 Å². The number of amides is 1. The molecule has 124 valence electrons. The van der Waals surface area contributed by atoms with Crippen molar-refractivity contribution < 1.29 is 14.6 Å². The van der Waals surface area contributed by atoms with Gasteiger partial charge in [0.2, 0.25) is 0 Å². The Balaban J connectivity index is 1.90. The summed E-state index contributed by atoms with van der Waals surface area (Å²) in [6.07, 6.45) is -1.05. The lowest BCUT2D eigenvalue weighted by Crippen LogP contribution is -2.42. The van der Waals surface area contributed by atoms with E-state index in [4.69, 9.17) is 4.74 Å². The normalized spacial score (nSPS) is 21.0. The predicted octanol–water partition coefficient (Wildman–Crippen LogP) is 1.66. The van der Waals surface area contributed by atoms with Crippen LogP contribution in [0.25, 0.3) is 11.0 Å². The molecule has 1 aliphatic heterocycles. The van der Waals surface area contributed by atoms with Crippen LogP contribution in [0.2, 0.25) is 0 Å². The molecule has 0 saturated heterocycles. The Labute approximate surface area is 133 Å². The van der Waals surface area contributed by atoms with Gasteiger partial charge in [0.05, 0.1) is 17.1 Å². The van der Waals surface area contributed by atoms with E-state index < -0.39 is 23.8 Å². The zero-order valence-electron chi connectivity index (χ0n) is 13.4. The molecule has 2 unspecified atom stereocenters. The first kappa shape index (κ1) is 15.6. The summed E-state index contributed by atoms with van der Waals surface area (Å²) in [5, 5.41) is 13.4. The lowest BCUT2D eigenvalue weighted by Gasteiger charge is -2.25. The molecule has 23 heavy (non-hydrogen) atoms. The number of nitrogens with zero attached hydrogens (tertiary/aromatic N) is 1. The van der Waals surface area contributed by atoms with E-state index in [0.29, 0.717) is 29.6 Å². The summed E-state index contributed by atoms with van der Waals surface area (Å²) in [5.41, 5.74) is 1.18. The average molecular weight is 319 g/mol. The fraction of sp³-hybridized carbons (Fsp3) is 0.500.